The van der Waals surface area contributed by atoms with Gasteiger partial charge < -0.3 is 19.5 Å². The Morgan fingerprint density at radius 1 is 1.07 bits per heavy atom. The second-order valence-corrected chi connectivity index (χ2v) is 6.31. The Bertz CT molecular complexity index is 739. The Morgan fingerprint density at radius 3 is 2.56 bits per heavy atom. The first-order valence-corrected chi connectivity index (χ1v) is 9.03. The molecule has 6 heteroatoms. The summed E-state index contributed by atoms with van der Waals surface area (Å²) in [6.07, 6.45) is 2.22. The van der Waals surface area contributed by atoms with Gasteiger partial charge in [-0.2, -0.15) is 0 Å². The van der Waals surface area contributed by atoms with Gasteiger partial charge in [-0.25, -0.2) is 4.79 Å². The summed E-state index contributed by atoms with van der Waals surface area (Å²) in [4.78, 5) is 23.8. The van der Waals surface area contributed by atoms with E-state index < -0.39 is 5.97 Å². The van der Waals surface area contributed by atoms with Gasteiger partial charge in [0, 0.05) is 13.2 Å². The smallest absolute Gasteiger partial charge is 0.338 e. The van der Waals surface area contributed by atoms with Crippen molar-refractivity contribution in [3.8, 4) is 5.75 Å². The van der Waals surface area contributed by atoms with E-state index >= 15 is 0 Å². The van der Waals surface area contributed by atoms with Crippen LogP contribution in [0.1, 0.15) is 28.8 Å². The number of rotatable bonds is 8. The maximum absolute atomic E-state index is 12.0. The van der Waals surface area contributed by atoms with Crippen LogP contribution in [0.2, 0.25) is 0 Å². The highest BCUT2D eigenvalue weighted by Crippen LogP contribution is 2.17. The van der Waals surface area contributed by atoms with Gasteiger partial charge in [-0.3, -0.25) is 4.79 Å². The fourth-order valence-electron chi connectivity index (χ4n) is 2.71. The summed E-state index contributed by atoms with van der Waals surface area (Å²) in [7, 11) is 0. The van der Waals surface area contributed by atoms with E-state index in [-0.39, 0.29) is 18.6 Å². The van der Waals surface area contributed by atoms with Crippen LogP contribution in [0.15, 0.2) is 54.6 Å². The molecule has 142 valence electrons. The zero-order valence-electron chi connectivity index (χ0n) is 15.1. The molecule has 2 aromatic carbocycles. The molecule has 1 fully saturated rings. The van der Waals surface area contributed by atoms with E-state index in [9.17, 15) is 9.59 Å². The summed E-state index contributed by atoms with van der Waals surface area (Å²) in [6, 6.07) is 16.2. The highest BCUT2D eigenvalue weighted by molar-refractivity contribution is 5.91. The molecule has 1 heterocycles. The van der Waals surface area contributed by atoms with Gasteiger partial charge in [0.2, 0.25) is 0 Å². The number of hydrogen-bond acceptors (Lipinski definition) is 5. The van der Waals surface area contributed by atoms with Crippen LogP contribution in [0.5, 0.6) is 5.75 Å². The van der Waals surface area contributed by atoms with Crippen molar-refractivity contribution in [1.82, 2.24) is 5.32 Å². The summed E-state index contributed by atoms with van der Waals surface area (Å²) in [5.74, 6) is -0.220. The van der Waals surface area contributed by atoms with E-state index in [0.717, 1.165) is 25.0 Å². The number of hydrogen-bond donors (Lipinski definition) is 1. The summed E-state index contributed by atoms with van der Waals surface area (Å²) < 4.78 is 16.2. The minimum absolute atomic E-state index is 0.143. The molecule has 1 aliphatic rings. The van der Waals surface area contributed by atoms with Crippen molar-refractivity contribution in [2.75, 3.05) is 19.8 Å². The molecule has 0 saturated carbocycles. The Kier molecular flexibility index (Phi) is 6.82. The van der Waals surface area contributed by atoms with Crippen LogP contribution in [-0.4, -0.2) is 37.8 Å². The van der Waals surface area contributed by atoms with Crippen molar-refractivity contribution in [3.63, 3.8) is 0 Å². The molecule has 1 unspecified atom stereocenters. The predicted molar refractivity (Wildman–Crippen MR) is 99.5 cm³/mol. The Labute approximate surface area is 158 Å². The molecule has 6 nitrogen and oxygen atoms in total. The van der Waals surface area contributed by atoms with Gasteiger partial charge in [0.1, 0.15) is 12.4 Å². The van der Waals surface area contributed by atoms with Gasteiger partial charge in [0.25, 0.3) is 5.91 Å². The average molecular weight is 369 g/mol. The number of esters is 1. The van der Waals surface area contributed by atoms with Crippen LogP contribution in [0.25, 0.3) is 0 Å². The lowest BCUT2D eigenvalue weighted by Crippen LogP contribution is -2.28. The molecular weight excluding hydrogens is 346 g/mol. The quantitative estimate of drug-likeness (QED) is 0.724. The van der Waals surface area contributed by atoms with Crippen molar-refractivity contribution in [2.24, 2.45) is 0 Å². The van der Waals surface area contributed by atoms with Crippen LogP contribution in [0, 0.1) is 0 Å². The molecule has 1 saturated heterocycles. The monoisotopic (exact) mass is 369 g/mol. The maximum Gasteiger partial charge on any atom is 0.338 e. The highest BCUT2D eigenvalue weighted by Gasteiger charge is 2.16. The van der Waals surface area contributed by atoms with Gasteiger partial charge in [-0.1, -0.05) is 30.3 Å². The third-order valence-corrected chi connectivity index (χ3v) is 4.22. The molecule has 0 radical (unpaired) electrons. The zero-order chi connectivity index (χ0) is 18.9. The summed E-state index contributed by atoms with van der Waals surface area (Å²) >= 11 is 0. The third-order valence-electron chi connectivity index (χ3n) is 4.22. The topological polar surface area (TPSA) is 73.9 Å². The van der Waals surface area contributed by atoms with Crippen LogP contribution >= 0.6 is 0 Å². The molecule has 1 aliphatic heterocycles. The molecule has 0 aromatic heterocycles. The minimum Gasteiger partial charge on any atom is -0.491 e. The normalized spacial score (nSPS) is 15.9. The summed E-state index contributed by atoms with van der Waals surface area (Å²) in [5.41, 5.74) is 1.35. The molecule has 27 heavy (non-hydrogen) atoms. The molecule has 1 amide bonds. The first kappa shape index (κ1) is 18.9. The molecule has 0 aliphatic carbocycles. The molecule has 0 bridgehead atoms. The lowest BCUT2D eigenvalue weighted by molar-refractivity contribution is -0.124. The number of amides is 1. The second-order valence-electron chi connectivity index (χ2n) is 6.31. The van der Waals surface area contributed by atoms with Crippen molar-refractivity contribution in [1.29, 1.82) is 0 Å². The fraction of sp³-hybridized carbons (Fsp3) is 0.333. The van der Waals surface area contributed by atoms with Crippen molar-refractivity contribution < 1.29 is 23.8 Å². The first-order chi connectivity index (χ1) is 13.2. The minimum atomic E-state index is -0.546. The van der Waals surface area contributed by atoms with Gasteiger partial charge in [0.05, 0.1) is 11.7 Å². The second kappa shape index (κ2) is 9.73. The molecular formula is C21H23NO5. The van der Waals surface area contributed by atoms with Crippen LogP contribution in [0.4, 0.5) is 0 Å². The largest absolute Gasteiger partial charge is 0.491 e. The molecule has 2 aromatic rings. The van der Waals surface area contributed by atoms with Gasteiger partial charge in [-0.05, 0) is 42.7 Å². The van der Waals surface area contributed by atoms with Crippen molar-refractivity contribution in [3.05, 3.63) is 65.7 Å². The molecule has 1 atom stereocenters. The Balaban J connectivity index is 1.38. The number of carbonyl (C=O) groups excluding carboxylic acids is 2. The predicted octanol–water partition coefficient (Wildman–Crippen LogP) is 2.72. The average Bonchev–Trinajstić information content (AvgIpc) is 3.24. The van der Waals surface area contributed by atoms with Crippen LogP contribution in [-0.2, 0) is 20.8 Å². The van der Waals surface area contributed by atoms with Crippen molar-refractivity contribution >= 4 is 11.9 Å². The van der Waals surface area contributed by atoms with Crippen LogP contribution in [0.3, 0.4) is 0 Å². The third kappa shape index (κ3) is 6.11. The molecule has 0 spiro atoms. The Morgan fingerprint density at radius 2 is 1.85 bits per heavy atom. The molecule has 3 rings (SSSR count). The first-order valence-electron chi connectivity index (χ1n) is 9.03. The maximum atomic E-state index is 12.0. The van der Waals surface area contributed by atoms with Gasteiger partial charge in [0.15, 0.2) is 6.61 Å². The Hall–Kier alpha value is -2.86. The summed E-state index contributed by atoms with van der Waals surface area (Å²) in [6.45, 7) is 1.38. The van der Waals surface area contributed by atoms with Gasteiger partial charge >= 0.3 is 5.97 Å². The SMILES string of the molecule is O=C(COC(=O)c1ccc(OCC2CCCO2)cc1)NCc1ccccc1. The number of benzene rings is 2. The standard InChI is InChI=1S/C21H23NO5/c23-20(22-13-16-5-2-1-3-6-16)15-27-21(24)17-8-10-18(11-9-17)26-14-19-7-4-12-25-19/h1-3,5-6,8-11,19H,4,7,12-15H2,(H,22,23). The highest BCUT2D eigenvalue weighted by atomic mass is 16.5. The van der Waals surface area contributed by atoms with E-state index in [1.165, 1.54) is 0 Å². The van der Waals surface area contributed by atoms with E-state index in [1.54, 1.807) is 24.3 Å². The number of nitrogens with one attached hydrogen (secondary N) is 1. The van der Waals surface area contributed by atoms with E-state index in [1.807, 2.05) is 30.3 Å². The summed E-state index contributed by atoms with van der Waals surface area (Å²) in [5, 5.41) is 2.71. The van der Waals surface area contributed by atoms with E-state index in [0.29, 0.717) is 24.5 Å². The fourth-order valence-corrected chi connectivity index (χ4v) is 2.71. The van der Waals surface area contributed by atoms with E-state index in [4.69, 9.17) is 14.2 Å². The van der Waals surface area contributed by atoms with Crippen LogP contribution < -0.4 is 10.1 Å². The zero-order valence-corrected chi connectivity index (χ0v) is 15.1. The number of ether oxygens (including phenoxy) is 3. The lowest BCUT2D eigenvalue weighted by Gasteiger charge is -2.11. The number of carbonyl (C=O) groups is 2. The molecule has 1 N–H and O–H groups in total. The van der Waals surface area contributed by atoms with E-state index in [2.05, 4.69) is 5.32 Å². The lowest BCUT2D eigenvalue weighted by atomic mass is 10.2. The van der Waals surface area contributed by atoms with Gasteiger partial charge in [-0.15, -0.1) is 0 Å². The van der Waals surface area contributed by atoms with Crippen molar-refractivity contribution in [2.45, 2.75) is 25.5 Å².